The molecule has 0 fully saturated rings. The molecular formula is C12H16N22O10. The van der Waals surface area contributed by atoms with Crippen LogP contribution in [0.1, 0.15) is 0 Å². The second-order valence-corrected chi connectivity index (χ2v) is 6.69. The normalized spacial score (nSPS) is 9.73. The predicted molar refractivity (Wildman–Crippen MR) is 129 cm³/mol. The molecule has 0 radical (unpaired) electrons. The maximum atomic E-state index is 10.5. The van der Waals surface area contributed by atoms with E-state index in [1.807, 2.05) is 0 Å². The number of aromatic nitrogens is 14. The smallest absolute Gasteiger partial charge is 0.343 e. The van der Waals surface area contributed by atoms with Gasteiger partial charge in [0.1, 0.15) is 0 Å². The largest absolute Gasteiger partial charge is 0.412 e. The number of anilines is 4. The maximum Gasteiger partial charge on any atom is 0.343 e. The lowest BCUT2D eigenvalue weighted by Gasteiger charge is -1.97. The summed E-state index contributed by atoms with van der Waals surface area (Å²) in [5, 5.41) is 50.9. The summed E-state index contributed by atoms with van der Waals surface area (Å²) >= 11 is 0. The molecule has 0 aliphatic heterocycles. The van der Waals surface area contributed by atoms with E-state index >= 15 is 0 Å². The van der Waals surface area contributed by atoms with Crippen molar-refractivity contribution < 1.29 is 49.3 Å². The monoisotopic (exact) mass is 628 g/mol. The molecule has 6 rings (SSSR count). The third kappa shape index (κ3) is 8.18. The summed E-state index contributed by atoms with van der Waals surface area (Å²) in [5.74, 6) is -0.843. The first-order valence-corrected chi connectivity index (χ1v) is 10.1. The van der Waals surface area contributed by atoms with E-state index in [-0.39, 0.29) is 45.8 Å². The van der Waals surface area contributed by atoms with Crippen LogP contribution in [0.25, 0.3) is 45.7 Å². The van der Waals surface area contributed by atoms with Crippen molar-refractivity contribution in [1.29, 1.82) is 0 Å². The van der Waals surface area contributed by atoms with E-state index in [0.717, 1.165) is 0 Å². The van der Waals surface area contributed by atoms with Gasteiger partial charge in [0.05, 0.1) is 21.7 Å². The molecule has 6 heterocycles. The lowest BCUT2D eigenvalue weighted by molar-refractivity contribution is -0.419. The molecule has 0 aromatic carbocycles. The van der Waals surface area contributed by atoms with Crippen LogP contribution in [0.2, 0.25) is 0 Å². The quantitative estimate of drug-likeness (QED) is 0.0719. The molecule has 0 saturated carbocycles. The molecule has 0 atom stereocenters. The third-order valence-electron chi connectivity index (χ3n) is 3.87. The van der Waals surface area contributed by atoms with Crippen molar-refractivity contribution in [2.75, 3.05) is 22.9 Å². The number of nitrogens with one attached hydrogen (secondary N) is 4. The summed E-state index contributed by atoms with van der Waals surface area (Å²) < 4.78 is 18.5. The van der Waals surface area contributed by atoms with E-state index in [2.05, 4.69) is 91.4 Å². The van der Waals surface area contributed by atoms with Gasteiger partial charge in [-0.3, -0.25) is 30.5 Å². The van der Waals surface area contributed by atoms with Gasteiger partial charge in [-0.15, -0.1) is 10.9 Å². The second-order valence-electron chi connectivity index (χ2n) is 6.69. The zero-order chi connectivity index (χ0) is 30.2. The van der Waals surface area contributed by atoms with Crippen molar-refractivity contribution in [3.05, 3.63) is 31.1 Å². The average Bonchev–Trinajstić information content (AvgIpc) is 3.74. The number of H-pyrrole nitrogens is 4. The van der Waals surface area contributed by atoms with E-state index in [1.165, 1.54) is 0 Å². The Morgan fingerprint density at radius 1 is 0.659 bits per heavy atom. The van der Waals surface area contributed by atoms with Crippen LogP contribution in [0.3, 0.4) is 0 Å². The van der Waals surface area contributed by atoms with Crippen LogP contribution in [-0.4, -0.2) is 82.3 Å². The fourth-order valence-corrected chi connectivity index (χ4v) is 2.38. The van der Waals surface area contributed by atoms with Crippen molar-refractivity contribution in [2.24, 2.45) is 0 Å². The molecule has 0 saturated heterocycles. The van der Waals surface area contributed by atoms with Gasteiger partial charge in [0, 0.05) is 0 Å². The summed E-state index contributed by atoms with van der Waals surface area (Å²) in [4.78, 5) is 33.6. The number of rotatable bonds is 7. The Hall–Kier alpha value is -7.64. The molecule has 0 aliphatic carbocycles. The van der Waals surface area contributed by atoms with Gasteiger partial charge in [-0.1, -0.05) is 20.6 Å². The number of hydrogen-bond donors (Lipinski definition) is 6. The van der Waals surface area contributed by atoms with Gasteiger partial charge in [0.2, 0.25) is 11.6 Å². The fraction of sp³-hybridized carbons (Fsp3) is 0. The molecule has 44 heavy (non-hydrogen) atoms. The number of aromatic amines is 4. The molecule has 0 unspecified atom stereocenters. The van der Waals surface area contributed by atoms with Crippen LogP contribution in [-0.2, 0) is 0 Å². The molecule has 234 valence electrons. The van der Waals surface area contributed by atoms with Crippen LogP contribution in [0.15, 0.2) is 18.3 Å². The van der Waals surface area contributed by atoms with Gasteiger partial charge in [-0.05, 0) is 10.2 Å². The predicted octanol–water partition coefficient (Wildman–Crippen LogP) is -4.26. The van der Waals surface area contributed by atoms with Gasteiger partial charge in [0.15, 0.2) is 11.4 Å². The lowest BCUT2D eigenvalue weighted by atomic mass is 10.4. The van der Waals surface area contributed by atoms with Crippen LogP contribution in [0.4, 0.5) is 35.4 Å². The summed E-state index contributed by atoms with van der Waals surface area (Å²) in [6.45, 7) is 0. The van der Waals surface area contributed by atoms with Gasteiger partial charge in [-0.2, -0.15) is 20.2 Å². The molecule has 0 aliphatic rings. The highest BCUT2D eigenvalue weighted by Gasteiger charge is 2.23. The first kappa shape index (κ1) is 32.6. The summed E-state index contributed by atoms with van der Waals surface area (Å²) in [6, 6.07) is 0. The van der Waals surface area contributed by atoms with Crippen molar-refractivity contribution in [2.45, 2.75) is 0 Å². The SMILES string of the molecule is Nc1n[nH]c(N)[nH+]1.Nc1n[nH]c(N)[nH+]1.O.O.O=[N+]([O-])[N-]c1nonc1-c1noc(-c2nc(-c3nonc3[N-][N+](=O)[O-])no2)n1. The Morgan fingerprint density at radius 2 is 1.05 bits per heavy atom. The number of hydrogen-bond acceptors (Lipinski definition) is 22. The molecule has 0 spiro atoms. The Labute approximate surface area is 235 Å². The zero-order valence-electron chi connectivity index (χ0n) is 20.8. The van der Waals surface area contributed by atoms with E-state index in [9.17, 15) is 20.2 Å². The van der Waals surface area contributed by atoms with Crippen molar-refractivity contribution in [1.82, 2.24) is 61.3 Å². The molecule has 16 N–H and O–H groups in total. The molecular weight excluding hydrogens is 612 g/mol. The van der Waals surface area contributed by atoms with Crippen molar-refractivity contribution in [3.63, 3.8) is 0 Å². The van der Waals surface area contributed by atoms with Crippen LogP contribution in [0.5, 0.6) is 0 Å². The Balaban J connectivity index is 0.000000347. The summed E-state index contributed by atoms with van der Waals surface area (Å²) in [7, 11) is 0. The van der Waals surface area contributed by atoms with Crippen molar-refractivity contribution in [3.8, 4) is 34.8 Å². The molecule has 6 aromatic rings. The van der Waals surface area contributed by atoms with Crippen LogP contribution >= 0.6 is 0 Å². The standard InChI is InChI=1S/C8N12O8.2C2H5N5.2H2O/c21-19(22)11-5-1(13-27-17-5)3-9-7(25-15-3)8-10-4(16-26-8)2-6(12-20(23)24)18-28-14-2;2*3-1-5-2(4)7-6-1;;/h;2*(H5,3,4,5,6,7);2*1H2/q-2;;;;/p+2. The topological polar surface area (TPSA) is 523 Å². The molecule has 0 amide bonds. The van der Waals surface area contributed by atoms with Crippen LogP contribution in [0, 0.1) is 20.2 Å². The molecule has 32 heteroatoms. The highest BCUT2D eigenvalue weighted by Crippen LogP contribution is 2.31. The number of nitrogens with zero attached hydrogens (tertiary/aromatic N) is 14. The van der Waals surface area contributed by atoms with E-state index in [4.69, 9.17) is 32.0 Å². The molecule has 32 nitrogen and oxygen atoms in total. The van der Waals surface area contributed by atoms with Gasteiger partial charge >= 0.3 is 35.6 Å². The molecule has 6 aromatic heterocycles. The summed E-state index contributed by atoms with van der Waals surface area (Å²) in [6.07, 6.45) is 0. The first-order valence-electron chi connectivity index (χ1n) is 10.1. The minimum atomic E-state index is -1.02. The fourth-order valence-electron chi connectivity index (χ4n) is 2.38. The molecule has 0 bridgehead atoms. The highest BCUT2D eigenvalue weighted by molar-refractivity contribution is 5.67. The number of nitrogens with two attached hydrogens (primary N) is 4. The van der Waals surface area contributed by atoms with Gasteiger partial charge in [-0.25, -0.2) is 9.97 Å². The first-order chi connectivity index (χ1) is 20.1. The van der Waals surface area contributed by atoms with E-state index in [0.29, 0.717) is 23.8 Å². The van der Waals surface area contributed by atoms with Gasteiger partial charge in [0.25, 0.3) is 0 Å². The zero-order valence-corrected chi connectivity index (χ0v) is 20.8. The van der Waals surface area contributed by atoms with Crippen molar-refractivity contribution >= 4 is 35.4 Å². The Kier molecular flexibility index (Phi) is 10.5. The van der Waals surface area contributed by atoms with E-state index < -0.39 is 21.7 Å². The average molecular weight is 628 g/mol. The number of nitro groups is 2. The highest BCUT2D eigenvalue weighted by atomic mass is 16.7. The summed E-state index contributed by atoms with van der Waals surface area (Å²) in [5.41, 5.74) is 25.8. The number of nitrogen functional groups attached to an aromatic ring is 4. The minimum absolute atomic E-state index is 0. The lowest BCUT2D eigenvalue weighted by Crippen LogP contribution is -2.10. The maximum absolute atomic E-state index is 10.5. The Morgan fingerprint density at radius 3 is 1.32 bits per heavy atom. The minimum Gasteiger partial charge on any atom is -0.412 e. The van der Waals surface area contributed by atoms with Crippen LogP contribution < -0.4 is 32.9 Å². The Bertz CT molecular complexity index is 1620. The second kappa shape index (κ2) is 14.1. The third-order valence-corrected chi connectivity index (χ3v) is 3.87. The van der Waals surface area contributed by atoms with Gasteiger partial charge < -0.3 is 52.2 Å². The van der Waals surface area contributed by atoms with E-state index in [1.54, 1.807) is 0 Å².